The van der Waals surface area contributed by atoms with Crippen LogP contribution in [0.3, 0.4) is 0 Å². The average Bonchev–Trinajstić information content (AvgIpc) is 3.13. The minimum Gasteiger partial charge on any atom is -0.330 e. The van der Waals surface area contributed by atoms with Crippen molar-refractivity contribution in [1.82, 2.24) is 0 Å². The molecule has 0 radical (unpaired) electrons. The summed E-state index contributed by atoms with van der Waals surface area (Å²) >= 11 is 0. The van der Waals surface area contributed by atoms with E-state index < -0.39 is 9.84 Å². The molecule has 0 amide bonds. The zero-order chi connectivity index (χ0) is 12.5. The summed E-state index contributed by atoms with van der Waals surface area (Å²) in [7, 11) is -3.32. The van der Waals surface area contributed by atoms with Gasteiger partial charge in [-0.3, -0.25) is 4.79 Å². The van der Waals surface area contributed by atoms with Gasteiger partial charge in [-0.05, 0) is 25.5 Å². The second-order valence-corrected chi connectivity index (χ2v) is 6.40. The SMILES string of the molecule is NCCC(=O)c1ccccc1S(=O)(=O)C1CC1. The smallest absolute Gasteiger partial charge is 0.181 e. The van der Waals surface area contributed by atoms with Crippen molar-refractivity contribution >= 4 is 15.6 Å². The molecule has 2 rings (SSSR count). The third-order valence-corrected chi connectivity index (χ3v) is 5.15. The Kier molecular flexibility index (Phi) is 3.31. The Morgan fingerprint density at radius 2 is 1.94 bits per heavy atom. The lowest BCUT2D eigenvalue weighted by molar-refractivity contribution is 0.0982. The number of rotatable bonds is 5. The summed E-state index contributed by atoms with van der Waals surface area (Å²) in [6.07, 6.45) is 1.57. The van der Waals surface area contributed by atoms with Crippen LogP contribution in [0.1, 0.15) is 29.6 Å². The molecular formula is C12H15NO3S. The first kappa shape index (κ1) is 12.3. The molecule has 0 unspecified atom stereocenters. The van der Waals surface area contributed by atoms with Crippen LogP contribution in [0, 0.1) is 0 Å². The molecule has 0 bridgehead atoms. The van der Waals surface area contributed by atoms with Crippen molar-refractivity contribution in [3.05, 3.63) is 29.8 Å². The van der Waals surface area contributed by atoms with Gasteiger partial charge in [-0.2, -0.15) is 0 Å². The maximum absolute atomic E-state index is 12.1. The summed E-state index contributed by atoms with van der Waals surface area (Å²) in [6.45, 7) is 0.233. The van der Waals surface area contributed by atoms with Crippen molar-refractivity contribution < 1.29 is 13.2 Å². The van der Waals surface area contributed by atoms with Crippen molar-refractivity contribution in [2.24, 2.45) is 5.73 Å². The van der Waals surface area contributed by atoms with Crippen LogP contribution in [0.4, 0.5) is 0 Å². The summed E-state index contributed by atoms with van der Waals surface area (Å²) in [5.74, 6) is -0.202. The van der Waals surface area contributed by atoms with Gasteiger partial charge in [-0.1, -0.05) is 18.2 Å². The number of carbonyl (C=O) groups is 1. The predicted octanol–water partition coefficient (Wildman–Crippen LogP) is 1.15. The monoisotopic (exact) mass is 253 g/mol. The van der Waals surface area contributed by atoms with Crippen LogP contribution in [0.2, 0.25) is 0 Å². The number of benzene rings is 1. The largest absolute Gasteiger partial charge is 0.330 e. The summed E-state index contributed by atoms with van der Waals surface area (Å²) in [5, 5.41) is -0.297. The van der Waals surface area contributed by atoms with Crippen LogP contribution >= 0.6 is 0 Å². The standard InChI is InChI=1S/C12H15NO3S/c13-8-7-11(14)10-3-1-2-4-12(10)17(15,16)9-5-6-9/h1-4,9H,5-8,13H2. The van der Waals surface area contributed by atoms with Crippen LogP contribution in [0.15, 0.2) is 29.2 Å². The molecule has 0 heterocycles. The molecule has 17 heavy (non-hydrogen) atoms. The van der Waals surface area contributed by atoms with Crippen molar-refractivity contribution in [2.45, 2.75) is 29.4 Å². The zero-order valence-electron chi connectivity index (χ0n) is 9.43. The zero-order valence-corrected chi connectivity index (χ0v) is 10.2. The molecule has 0 aliphatic heterocycles. The third-order valence-electron chi connectivity index (χ3n) is 2.83. The highest BCUT2D eigenvalue weighted by atomic mass is 32.2. The second kappa shape index (κ2) is 4.58. The Bertz CT molecular complexity index is 532. The topological polar surface area (TPSA) is 77.2 Å². The van der Waals surface area contributed by atoms with Crippen molar-refractivity contribution in [2.75, 3.05) is 6.54 Å². The number of hydrogen-bond donors (Lipinski definition) is 1. The van der Waals surface area contributed by atoms with Gasteiger partial charge in [0.25, 0.3) is 0 Å². The molecule has 4 nitrogen and oxygen atoms in total. The summed E-state index contributed by atoms with van der Waals surface area (Å²) in [4.78, 5) is 12.0. The fourth-order valence-electron chi connectivity index (χ4n) is 1.77. The molecule has 1 aliphatic rings. The quantitative estimate of drug-likeness (QED) is 0.799. The highest BCUT2D eigenvalue weighted by Crippen LogP contribution is 2.35. The van der Waals surface area contributed by atoms with Crippen molar-refractivity contribution in [3.8, 4) is 0 Å². The molecule has 0 saturated heterocycles. The highest BCUT2D eigenvalue weighted by molar-refractivity contribution is 7.92. The van der Waals surface area contributed by atoms with Crippen LogP contribution in [0.25, 0.3) is 0 Å². The molecule has 1 saturated carbocycles. The highest BCUT2D eigenvalue weighted by Gasteiger charge is 2.38. The Hall–Kier alpha value is -1.20. The van der Waals surface area contributed by atoms with Gasteiger partial charge in [-0.15, -0.1) is 0 Å². The van der Waals surface area contributed by atoms with Gasteiger partial charge in [0.15, 0.2) is 15.6 Å². The molecule has 1 aromatic rings. The van der Waals surface area contributed by atoms with Gasteiger partial charge in [-0.25, -0.2) is 8.42 Å². The van der Waals surface area contributed by atoms with E-state index in [0.29, 0.717) is 12.8 Å². The van der Waals surface area contributed by atoms with Crippen LogP contribution in [-0.4, -0.2) is 26.0 Å². The fraction of sp³-hybridized carbons (Fsp3) is 0.417. The third kappa shape index (κ3) is 2.40. The lowest BCUT2D eigenvalue weighted by atomic mass is 10.1. The van der Waals surface area contributed by atoms with Crippen LogP contribution < -0.4 is 5.73 Å². The van der Waals surface area contributed by atoms with E-state index in [4.69, 9.17) is 5.73 Å². The van der Waals surface area contributed by atoms with E-state index in [1.54, 1.807) is 18.2 Å². The number of nitrogens with two attached hydrogens (primary N) is 1. The maximum atomic E-state index is 12.1. The first-order valence-electron chi connectivity index (χ1n) is 5.63. The summed E-state index contributed by atoms with van der Waals surface area (Å²) in [6, 6.07) is 6.40. The number of sulfone groups is 1. The fourth-order valence-corrected chi connectivity index (χ4v) is 3.64. The molecule has 0 aromatic heterocycles. The number of ketones is 1. The molecule has 0 spiro atoms. The molecule has 1 aromatic carbocycles. The van der Waals surface area contributed by atoms with E-state index in [9.17, 15) is 13.2 Å². The van der Waals surface area contributed by atoms with Gasteiger partial charge >= 0.3 is 0 Å². The van der Waals surface area contributed by atoms with Gasteiger partial charge in [0.2, 0.25) is 0 Å². The maximum Gasteiger partial charge on any atom is 0.181 e. The van der Waals surface area contributed by atoms with Gasteiger partial charge in [0.05, 0.1) is 10.1 Å². The number of carbonyl (C=O) groups excluding carboxylic acids is 1. The van der Waals surface area contributed by atoms with E-state index in [-0.39, 0.29) is 34.5 Å². The van der Waals surface area contributed by atoms with E-state index in [1.807, 2.05) is 0 Å². The Morgan fingerprint density at radius 1 is 1.29 bits per heavy atom. The molecule has 2 N–H and O–H groups in total. The number of hydrogen-bond acceptors (Lipinski definition) is 4. The first-order chi connectivity index (χ1) is 8.07. The molecule has 5 heteroatoms. The Morgan fingerprint density at radius 3 is 2.53 bits per heavy atom. The predicted molar refractivity (Wildman–Crippen MR) is 64.7 cm³/mol. The molecule has 0 atom stereocenters. The van der Waals surface area contributed by atoms with Crippen molar-refractivity contribution in [1.29, 1.82) is 0 Å². The molecule has 1 aliphatic carbocycles. The summed E-state index contributed by atoms with van der Waals surface area (Å²) < 4.78 is 24.3. The van der Waals surface area contributed by atoms with Crippen LogP contribution in [-0.2, 0) is 9.84 Å². The average molecular weight is 253 g/mol. The number of Topliss-reactive ketones (excluding diaryl/α,β-unsaturated/α-hetero) is 1. The molecule has 1 fully saturated rings. The normalized spacial score (nSPS) is 15.8. The van der Waals surface area contributed by atoms with E-state index in [1.165, 1.54) is 6.07 Å². The molecule has 92 valence electrons. The molecular weight excluding hydrogens is 238 g/mol. The van der Waals surface area contributed by atoms with Gasteiger partial charge in [0.1, 0.15) is 0 Å². The summed E-state index contributed by atoms with van der Waals surface area (Å²) in [5.41, 5.74) is 5.61. The van der Waals surface area contributed by atoms with Crippen molar-refractivity contribution in [3.63, 3.8) is 0 Å². The Labute approximate surface area is 101 Å². The lowest BCUT2D eigenvalue weighted by Crippen LogP contribution is -2.15. The minimum atomic E-state index is -3.32. The Balaban J connectivity index is 2.44. The van der Waals surface area contributed by atoms with E-state index in [0.717, 1.165) is 0 Å². The minimum absolute atomic E-state index is 0.168. The first-order valence-corrected chi connectivity index (χ1v) is 7.18. The van der Waals surface area contributed by atoms with Gasteiger partial charge < -0.3 is 5.73 Å². The van der Waals surface area contributed by atoms with Crippen LogP contribution in [0.5, 0.6) is 0 Å². The lowest BCUT2D eigenvalue weighted by Gasteiger charge is -2.08. The second-order valence-electron chi connectivity index (χ2n) is 4.20. The van der Waals surface area contributed by atoms with E-state index >= 15 is 0 Å². The van der Waals surface area contributed by atoms with Gasteiger partial charge in [0, 0.05) is 12.0 Å². The van der Waals surface area contributed by atoms with E-state index in [2.05, 4.69) is 0 Å².